The number of aryl methyl sites for hydroxylation is 1. The lowest BCUT2D eigenvalue weighted by atomic mass is 9.89. The van der Waals surface area contributed by atoms with Crippen molar-refractivity contribution in [2.75, 3.05) is 0 Å². The molecule has 0 aliphatic heterocycles. The van der Waals surface area contributed by atoms with Crippen molar-refractivity contribution in [2.24, 2.45) is 11.8 Å². The van der Waals surface area contributed by atoms with Crippen molar-refractivity contribution in [3.05, 3.63) is 69.6 Å². The number of hydrogen-bond donors (Lipinski definition) is 1. The van der Waals surface area contributed by atoms with Gasteiger partial charge in [0.1, 0.15) is 0 Å². The largest absolute Gasteiger partial charge is 0.392 e. The summed E-state index contributed by atoms with van der Waals surface area (Å²) in [5.41, 5.74) is 4.34. The van der Waals surface area contributed by atoms with Gasteiger partial charge in [0.15, 0.2) is 5.78 Å². The molecule has 0 radical (unpaired) electrons. The molecule has 4 heteroatoms. The lowest BCUT2D eigenvalue weighted by molar-refractivity contribution is 0.102. The second-order valence-corrected chi connectivity index (χ2v) is 8.89. The Kier molecular flexibility index (Phi) is 7.09. The number of hydrogen-bond acceptors (Lipinski definition) is 3. The minimum absolute atomic E-state index is 0.00380. The van der Waals surface area contributed by atoms with E-state index in [1.807, 2.05) is 54.6 Å². The summed E-state index contributed by atoms with van der Waals surface area (Å²) >= 11 is 8.11. The molecule has 142 valence electrons. The fourth-order valence-electron chi connectivity index (χ4n) is 3.72. The second kappa shape index (κ2) is 9.52. The second-order valence-electron chi connectivity index (χ2n) is 7.16. The van der Waals surface area contributed by atoms with E-state index in [0.717, 1.165) is 29.7 Å². The molecular formula is C23H25ClO2S. The number of carbonyl (C=O) groups is 1. The van der Waals surface area contributed by atoms with Gasteiger partial charge in [-0.25, -0.2) is 0 Å². The SMILES string of the molecule is CC(=O)c1ccc(CCC[C@@H]2[C@@H](C=C=Cc3ccccc3)[C@H](O)C[C@H]2Cl)s1. The summed E-state index contributed by atoms with van der Waals surface area (Å²) in [5, 5.41) is 10.4. The van der Waals surface area contributed by atoms with Crippen LogP contribution in [0.25, 0.3) is 6.08 Å². The van der Waals surface area contributed by atoms with Crippen LogP contribution >= 0.6 is 22.9 Å². The molecule has 1 aliphatic rings. The Morgan fingerprint density at radius 1 is 1.30 bits per heavy atom. The third-order valence-corrected chi connectivity index (χ3v) is 6.93. The van der Waals surface area contributed by atoms with Gasteiger partial charge in [-0.3, -0.25) is 4.79 Å². The van der Waals surface area contributed by atoms with E-state index in [9.17, 15) is 9.90 Å². The van der Waals surface area contributed by atoms with Gasteiger partial charge in [0.05, 0.1) is 11.0 Å². The van der Waals surface area contributed by atoms with Crippen LogP contribution in [0.3, 0.4) is 0 Å². The molecule has 2 nitrogen and oxygen atoms in total. The summed E-state index contributed by atoms with van der Waals surface area (Å²) in [6, 6.07) is 14.0. The van der Waals surface area contributed by atoms with Crippen LogP contribution in [-0.2, 0) is 6.42 Å². The molecule has 0 amide bonds. The third kappa shape index (κ3) is 5.43. The topological polar surface area (TPSA) is 37.3 Å². The average Bonchev–Trinajstić information content (AvgIpc) is 3.22. The summed E-state index contributed by atoms with van der Waals surface area (Å²) in [4.78, 5) is 13.5. The third-order valence-electron chi connectivity index (χ3n) is 5.18. The highest BCUT2D eigenvalue weighted by Crippen LogP contribution is 2.40. The van der Waals surface area contributed by atoms with Gasteiger partial charge in [-0.2, -0.15) is 0 Å². The zero-order valence-electron chi connectivity index (χ0n) is 15.5. The molecule has 1 aromatic heterocycles. The minimum atomic E-state index is -0.403. The maximum atomic E-state index is 11.4. The summed E-state index contributed by atoms with van der Waals surface area (Å²) in [7, 11) is 0. The number of alkyl halides is 1. The number of ketones is 1. The number of rotatable bonds is 7. The van der Waals surface area contributed by atoms with Crippen LogP contribution in [-0.4, -0.2) is 22.4 Å². The Morgan fingerprint density at radius 3 is 2.78 bits per heavy atom. The van der Waals surface area contributed by atoms with E-state index in [-0.39, 0.29) is 23.0 Å². The number of benzene rings is 1. The maximum absolute atomic E-state index is 11.4. The molecule has 3 rings (SSSR count). The van der Waals surface area contributed by atoms with E-state index in [1.54, 1.807) is 18.3 Å². The minimum Gasteiger partial charge on any atom is -0.392 e. The van der Waals surface area contributed by atoms with Gasteiger partial charge in [-0.05, 0) is 68.4 Å². The van der Waals surface area contributed by atoms with Crippen LogP contribution in [0.4, 0.5) is 0 Å². The Labute approximate surface area is 170 Å². The fourth-order valence-corrected chi connectivity index (χ4v) is 5.14. The fraction of sp³-hybridized carbons (Fsp3) is 0.391. The highest BCUT2D eigenvalue weighted by Gasteiger charge is 2.39. The van der Waals surface area contributed by atoms with Gasteiger partial charge in [0, 0.05) is 16.2 Å². The van der Waals surface area contributed by atoms with Crippen molar-refractivity contribution >= 4 is 34.8 Å². The predicted octanol–water partition coefficient (Wildman–Crippen LogP) is 5.75. The number of aliphatic hydroxyl groups is 1. The van der Waals surface area contributed by atoms with Gasteiger partial charge in [-0.15, -0.1) is 28.7 Å². The lowest BCUT2D eigenvalue weighted by Crippen LogP contribution is -2.18. The molecule has 1 N–H and O–H groups in total. The molecule has 2 aromatic rings. The van der Waals surface area contributed by atoms with Crippen molar-refractivity contribution in [2.45, 2.75) is 44.1 Å². The van der Waals surface area contributed by atoms with E-state index in [4.69, 9.17) is 11.6 Å². The van der Waals surface area contributed by atoms with Gasteiger partial charge in [-0.1, -0.05) is 30.3 Å². The zero-order valence-corrected chi connectivity index (χ0v) is 17.0. The van der Waals surface area contributed by atoms with E-state index >= 15 is 0 Å². The molecular weight excluding hydrogens is 376 g/mol. The maximum Gasteiger partial charge on any atom is 0.169 e. The Bertz CT molecular complexity index is 820. The van der Waals surface area contributed by atoms with E-state index in [1.165, 1.54) is 4.88 Å². The molecule has 0 saturated heterocycles. The van der Waals surface area contributed by atoms with Crippen LogP contribution in [0.5, 0.6) is 0 Å². The number of thiophene rings is 1. The van der Waals surface area contributed by atoms with Crippen molar-refractivity contribution < 1.29 is 9.90 Å². The van der Waals surface area contributed by atoms with Gasteiger partial charge >= 0.3 is 0 Å². The number of aliphatic hydroxyl groups excluding tert-OH is 1. The van der Waals surface area contributed by atoms with Crippen LogP contribution in [0.15, 0.2) is 54.3 Å². The van der Waals surface area contributed by atoms with Crippen LogP contribution in [0.1, 0.15) is 46.3 Å². The first kappa shape index (κ1) is 20.1. The molecule has 1 aliphatic carbocycles. The normalized spacial score (nSPS) is 24.4. The number of Topliss-reactive ketones (excluding diaryl/α,β-unsaturated/α-hetero) is 1. The number of carbonyl (C=O) groups excluding carboxylic acids is 1. The molecule has 1 heterocycles. The monoisotopic (exact) mass is 400 g/mol. The Hall–Kier alpha value is -1.64. The van der Waals surface area contributed by atoms with E-state index in [2.05, 4.69) is 5.73 Å². The van der Waals surface area contributed by atoms with Crippen LogP contribution < -0.4 is 0 Å². The highest BCUT2D eigenvalue weighted by atomic mass is 35.5. The summed E-state index contributed by atoms with van der Waals surface area (Å²) in [6.07, 6.45) is 7.08. The van der Waals surface area contributed by atoms with Gasteiger partial charge in [0.2, 0.25) is 0 Å². The van der Waals surface area contributed by atoms with Crippen molar-refractivity contribution in [3.8, 4) is 0 Å². The summed E-state index contributed by atoms with van der Waals surface area (Å²) < 4.78 is 0. The molecule has 27 heavy (non-hydrogen) atoms. The van der Waals surface area contributed by atoms with Gasteiger partial charge in [0.25, 0.3) is 0 Å². The first-order chi connectivity index (χ1) is 13.0. The summed E-state index contributed by atoms with van der Waals surface area (Å²) in [6.45, 7) is 1.60. The molecule has 1 aromatic carbocycles. The smallest absolute Gasteiger partial charge is 0.169 e. The van der Waals surface area contributed by atoms with Crippen molar-refractivity contribution in [3.63, 3.8) is 0 Å². The first-order valence-electron chi connectivity index (χ1n) is 9.44. The Balaban J connectivity index is 1.60. The van der Waals surface area contributed by atoms with Gasteiger partial charge < -0.3 is 5.11 Å². The quantitative estimate of drug-likeness (QED) is 0.365. The van der Waals surface area contributed by atoms with E-state index < -0.39 is 6.10 Å². The van der Waals surface area contributed by atoms with E-state index in [0.29, 0.717) is 6.42 Å². The molecule has 0 spiro atoms. The molecule has 1 fully saturated rings. The molecule has 1 saturated carbocycles. The standard InChI is InChI=1S/C23H25ClO2S/c1-16(25)23-14-13-18(27-23)10-6-11-19-20(22(26)15-21(19)24)12-5-9-17-7-3-2-4-8-17/h2-4,7-9,12-14,19-22,26H,6,10-11,15H2,1H3/t5?,19-,20-,21-,22-/m1/s1. The highest BCUT2D eigenvalue weighted by molar-refractivity contribution is 7.14. The molecule has 0 unspecified atom stereocenters. The first-order valence-corrected chi connectivity index (χ1v) is 10.7. The van der Waals surface area contributed by atoms with Crippen molar-refractivity contribution in [1.82, 2.24) is 0 Å². The molecule has 4 atom stereocenters. The van der Waals surface area contributed by atoms with Crippen molar-refractivity contribution in [1.29, 1.82) is 0 Å². The molecule has 0 bridgehead atoms. The zero-order chi connectivity index (χ0) is 19.2. The number of halogens is 1. The summed E-state index contributed by atoms with van der Waals surface area (Å²) in [5.74, 6) is 0.426. The van der Waals surface area contributed by atoms with Crippen LogP contribution in [0, 0.1) is 11.8 Å². The lowest BCUT2D eigenvalue weighted by Gasteiger charge is -2.19. The Morgan fingerprint density at radius 2 is 2.07 bits per heavy atom. The average molecular weight is 401 g/mol. The van der Waals surface area contributed by atoms with Crippen LogP contribution in [0.2, 0.25) is 0 Å². The predicted molar refractivity (Wildman–Crippen MR) is 113 cm³/mol.